The summed E-state index contributed by atoms with van der Waals surface area (Å²) >= 11 is 0. The van der Waals surface area contributed by atoms with Crippen LogP contribution in [0.2, 0.25) is 0 Å². The Hall–Kier alpha value is -9.56. The van der Waals surface area contributed by atoms with Crippen molar-refractivity contribution in [3.8, 4) is 0 Å². The van der Waals surface area contributed by atoms with Crippen molar-refractivity contribution in [2.45, 2.75) is 106 Å². The molecule has 0 radical (unpaired) electrons. The van der Waals surface area contributed by atoms with Gasteiger partial charge in [0, 0.05) is 122 Å². The molecule has 4 aromatic carbocycles. The number of nitrogens with zero attached hydrogens (tertiary/aromatic N) is 11. The normalized spacial score (nSPS) is 17.6. The molecular formula is C67H81N15O10. The van der Waals surface area contributed by atoms with Gasteiger partial charge in [-0.1, -0.05) is 102 Å². The molecule has 9 rings (SSSR count). The molecule has 0 unspecified atom stereocenters. The highest BCUT2D eigenvalue weighted by atomic mass is 16.3. The molecule has 2 fully saturated rings. The van der Waals surface area contributed by atoms with Gasteiger partial charge in [0.15, 0.2) is 0 Å². The van der Waals surface area contributed by atoms with Crippen LogP contribution in [0.5, 0.6) is 0 Å². The second-order valence-corrected chi connectivity index (χ2v) is 23.6. The number of likely N-dealkylation sites (N-methyl/N-ethyl adjacent to an activating group) is 4. The van der Waals surface area contributed by atoms with E-state index in [1.54, 1.807) is 36.4 Å². The highest BCUT2D eigenvalue weighted by molar-refractivity contribution is 6.02. The number of carbonyl (C=O) groups is 8. The minimum Gasteiger partial charge on any atom is -0.391 e. The predicted octanol–water partition coefficient (Wildman–Crippen LogP) is 1.58. The summed E-state index contributed by atoms with van der Waals surface area (Å²) in [5, 5.41) is 38.5. The Bertz CT molecular complexity index is 3740. The van der Waals surface area contributed by atoms with Crippen LogP contribution in [0.1, 0.15) is 69.6 Å². The van der Waals surface area contributed by atoms with Crippen LogP contribution in [0.3, 0.4) is 0 Å². The third kappa shape index (κ3) is 15.9. The van der Waals surface area contributed by atoms with E-state index in [0.29, 0.717) is 47.7 Å². The number of carbonyl (C=O) groups excluding carboxylic acids is 8. The predicted molar refractivity (Wildman–Crippen MR) is 343 cm³/mol. The Kier molecular flexibility index (Phi) is 22.5. The summed E-state index contributed by atoms with van der Waals surface area (Å²) in [5.74, 6) is -4.58. The molecule has 8 amide bonds. The number of nitrogens with one attached hydrogen (secondary N) is 2. The number of aryl methyl sites for hydroxylation is 1. The number of aliphatic hydroxyl groups excluding tert-OH is 2. The first-order valence-electron chi connectivity index (χ1n) is 31.0. The number of amides is 8. The zero-order chi connectivity index (χ0) is 65.6. The van der Waals surface area contributed by atoms with E-state index in [-0.39, 0.29) is 88.1 Å². The minimum absolute atomic E-state index is 0.0741. The van der Waals surface area contributed by atoms with Gasteiger partial charge >= 0.3 is 0 Å². The summed E-state index contributed by atoms with van der Waals surface area (Å²) in [5.41, 5.74) is 14.8. The van der Waals surface area contributed by atoms with Gasteiger partial charge in [0.1, 0.15) is 36.3 Å². The Labute approximate surface area is 533 Å². The maximum atomic E-state index is 15.4. The van der Waals surface area contributed by atoms with Gasteiger partial charge in [-0.3, -0.25) is 53.0 Å². The quantitative estimate of drug-likeness (QED) is 0.0398. The summed E-state index contributed by atoms with van der Waals surface area (Å²) < 4.78 is 1.42. The maximum Gasteiger partial charge on any atom is 0.255 e. The molecule has 25 heteroatoms. The summed E-state index contributed by atoms with van der Waals surface area (Å²) in [6, 6.07) is 28.9. The lowest BCUT2D eigenvalue weighted by Gasteiger charge is -2.36. The number of pyridine rings is 2. The zero-order valence-corrected chi connectivity index (χ0v) is 52.2. The lowest BCUT2D eigenvalue weighted by molar-refractivity contribution is -0.148. The first kappa shape index (κ1) is 66.8. The molecule has 0 saturated carbocycles. The number of rotatable bonds is 27. The van der Waals surface area contributed by atoms with Crippen LogP contribution >= 0.6 is 0 Å². The fourth-order valence-corrected chi connectivity index (χ4v) is 12.0. The molecule has 2 aliphatic heterocycles. The Morgan fingerprint density at radius 2 is 0.978 bits per heavy atom. The van der Waals surface area contributed by atoms with Crippen molar-refractivity contribution in [3.63, 3.8) is 0 Å². The number of hydrogen-bond acceptors (Lipinski definition) is 16. The van der Waals surface area contributed by atoms with E-state index >= 15 is 9.59 Å². The summed E-state index contributed by atoms with van der Waals surface area (Å²) in [6.07, 6.45) is 2.69. The summed E-state index contributed by atoms with van der Waals surface area (Å²) in [7, 11) is 5.88. The number of para-hydroxylation sites is 2. The molecule has 0 spiro atoms. The molecular weight excluding hydrogens is 1170 g/mol. The van der Waals surface area contributed by atoms with Gasteiger partial charge < -0.3 is 61.7 Å². The van der Waals surface area contributed by atoms with Crippen molar-refractivity contribution < 1.29 is 48.6 Å². The molecule has 5 heterocycles. The summed E-state index contributed by atoms with van der Waals surface area (Å²) in [4.78, 5) is 134. The van der Waals surface area contributed by atoms with Crippen LogP contribution in [0.25, 0.3) is 21.8 Å². The maximum absolute atomic E-state index is 15.4. The fraction of sp³-hybridized carbons (Fsp3) is 0.403. The Balaban J connectivity index is 1.00. The number of hydrogen-bond donors (Lipinski definition) is 6. The first-order chi connectivity index (χ1) is 44.3. The van der Waals surface area contributed by atoms with Crippen LogP contribution in [0, 0.1) is 0 Å². The van der Waals surface area contributed by atoms with E-state index < -0.39 is 95.7 Å². The zero-order valence-electron chi connectivity index (χ0n) is 52.2. The van der Waals surface area contributed by atoms with E-state index in [4.69, 9.17) is 11.5 Å². The average Bonchev–Trinajstić information content (AvgIpc) is 1.56. The van der Waals surface area contributed by atoms with Crippen molar-refractivity contribution in [2.75, 3.05) is 67.5 Å². The molecule has 0 aliphatic carbocycles. The van der Waals surface area contributed by atoms with Gasteiger partial charge in [0.05, 0.1) is 40.1 Å². The number of aliphatic hydroxyl groups is 2. The monoisotopic (exact) mass is 1260 g/mol. The average molecular weight is 1260 g/mol. The lowest BCUT2D eigenvalue weighted by Crippen LogP contribution is -2.57. The molecule has 2 aliphatic rings. The molecule has 2 saturated heterocycles. The largest absolute Gasteiger partial charge is 0.391 e. The van der Waals surface area contributed by atoms with Crippen molar-refractivity contribution in [2.24, 2.45) is 11.5 Å². The lowest BCUT2D eigenvalue weighted by atomic mass is 10.0. The first-order valence-corrected chi connectivity index (χ1v) is 31.0. The van der Waals surface area contributed by atoms with Crippen molar-refractivity contribution in [1.29, 1.82) is 0 Å². The second kappa shape index (κ2) is 31.0. The number of nitrogens with two attached hydrogens (primary N) is 2. The van der Waals surface area contributed by atoms with Gasteiger partial charge in [-0.25, -0.2) is 0 Å². The third-order valence-electron chi connectivity index (χ3n) is 17.3. The molecule has 3 aromatic heterocycles. The second-order valence-electron chi connectivity index (χ2n) is 23.6. The third-order valence-corrected chi connectivity index (χ3v) is 17.3. The van der Waals surface area contributed by atoms with E-state index in [2.05, 4.69) is 30.9 Å². The van der Waals surface area contributed by atoms with Crippen molar-refractivity contribution >= 4 is 69.1 Å². The molecule has 484 valence electrons. The van der Waals surface area contributed by atoms with Crippen LogP contribution in [-0.4, -0.2) is 228 Å². The SMILES string of the molecule is CN(C(=O)c1cnc2ccccc2c1)[C@@H](CCn1cc(C[C@@H](C(=O)N2C[C@H](O)C[C@H]2C(=O)N(C)[C@@H](Cc2ccccc2)C(=O)NCCCN)N(C)C(=O)c2cnc3ccccc3c2)nn1)C(=O)N1C[C@H](O)C[C@H]1C(=O)N(C)[C@@H](Cc1ccccc1)C(=O)NCCCN. The molecule has 8 N–H and O–H groups in total. The Morgan fingerprint density at radius 3 is 1.43 bits per heavy atom. The van der Waals surface area contributed by atoms with Crippen LogP contribution in [0.4, 0.5) is 0 Å². The van der Waals surface area contributed by atoms with E-state index in [9.17, 15) is 39.0 Å². The van der Waals surface area contributed by atoms with Gasteiger partial charge in [0.2, 0.25) is 35.4 Å². The topological polar surface area (TPSA) is 329 Å². The smallest absolute Gasteiger partial charge is 0.255 e. The van der Waals surface area contributed by atoms with Gasteiger partial charge in [-0.15, -0.1) is 5.10 Å². The van der Waals surface area contributed by atoms with E-state index in [0.717, 1.165) is 11.1 Å². The van der Waals surface area contributed by atoms with E-state index in [1.807, 2.05) is 84.9 Å². The number of β-amino-alcohol motifs (C(OH)–C–C–N with tert-alkyl or cyclic N) is 2. The molecule has 8 atom stereocenters. The van der Waals surface area contributed by atoms with Gasteiger partial charge in [-0.2, -0.15) is 0 Å². The number of likely N-dealkylation sites (tertiary alicyclic amines) is 2. The van der Waals surface area contributed by atoms with Gasteiger partial charge in [-0.05, 0) is 67.7 Å². The standard InChI is InChI=1S/C67H81N15O10/c1-76(62(87)47-33-45-21-11-13-23-52(45)72-38-47)54(66(91)81-41-50(83)36-58(81)64(89)77(2)55(60(85)70-28-15-26-68)31-43-17-7-5-8-18-43)25-30-80-40-49(74-75-80)35-57(79(4)63(88)48-34-46-22-12-14-24-53(46)73-39-48)67(92)82-42-51(84)37-59(82)65(90)78(3)56(61(86)71-29-16-27-69)32-44-19-9-6-10-20-44/h5-14,17-24,33-34,38-40,50-51,54-59,83-84H,15-16,25-32,35-37,41-42,68-69H2,1-4H3,(H,70,85)(H,71,86)/t50-,51-,54+,55+,56+,57+,58+,59+/m1/s1. The number of fused-ring (bicyclic) bond motifs is 2. The Morgan fingerprint density at radius 1 is 0.554 bits per heavy atom. The molecule has 92 heavy (non-hydrogen) atoms. The van der Waals surface area contributed by atoms with Crippen molar-refractivity contribution in [3.05, 3.63) is 168 Å². The molecule has 7 aromatic rings. The highest BCUT2D eigenvalue weighted by Gasteiger charge is 2.47. The van der Waals surface area contributed by atoms with E-state index in [1.165, 1.54) is 80.9 Å². The highest BCUT2D eigenvalue weighted by Crippen LogP contribution is 2.28. The summed E-state index contributed by atoms with van der Waals surface area (Å²) in [6.45, 7) is 0.613. The van der Waals surface area contributed by atoms with Crippen LogP contribution in [0.15, 0.2) is 140 Å². The number of benzene rings is 4. The number of aromatic nitrogens is 5. The molecule has 0 bridgehead atoms. The fourth-order valence-electron chi connectivity index (χ4n) is 12.0. The van der Waals surface area contributed by atoms with Gasteiger partial charge in [0.25, 0.3) is 11.8 Å². The molecule has 25 nitrogen and oxygen atoms in total. The minimum atomic E-state index is -1.38. The van der Waals surface area contributed by atoms with Crippen LogP contribution in [-0.2, 0) is 54.6 Å². The van der Waals surface area contributed by atoms with Crippen LogP contribution < -0.4 is 22.1 Å². The van der Waals surface area contributed by atoms with Crippen molar-refractivity contribution in [1.82, 2.24) is 65.0 Å².